The third kappa shape index (κ3) is 4.37. The van der Waals surface area contributed by atoms with Gasteiger partial charge in [-0.1, -0.05) is 44.2 Å². The van der Waals surface area contributed by atoms with Crippen molar-refractivity contribution in [3.63, 3.8) is 0 Å². The molecular formula is C22H23NO4. The fourth-order valence-corrected chi connectivity index (χ4v) is 3.02. The number of ether oxygens (including phenoxy) is 1. The summed E-state index contributed by atoms with van der Waals surface area (Å²) in [6.07, 6.45) is 0.638. The largest absolute Gasteiger partial charge is 0.467 e. The molecule has 1 atom stereocenters. The van der Waals surface area contributed by atoms with Gasteiger partial charge in [0.05, 0.1) is 12.5 Å². The zero-order chi connectivity index (χ0) is 19.4. The molecule has 5 heteroatoms. The molecule has 27 heavy (non-hydrogen) atoms. The first-order chi connectivity index (χ1) is 13.0. The van der Waals surface area contributed by atoms with E-state index in [2.05, 4.69) is 5.32 Å². The molecular weight excluding hydrogens is 342 g/mol. The number of fused-ring (bicyclic) bond motifs is 1. The molecule has 0 spiro atoms. The third-order valence-electron chi connectivity index (χ3n) is 4.32. The number of carbonyl (C=O) groups excluding carboxylic acids is 1. The van der Waals surface area contributed by atoms with Crippen LogP contribution in [0.5, 0.6) is 0 Å². The Kier molecular flexibility index (Phi) is 5.60. The van der Waals surface area contributed by atoms with Gasteiger partial charge in [-0.2, -0.15) is 0 Å². The van der Waals surface area contributed by atoms with E-state index in [4.69, 9.17) is 9.15 Å². The third-order valence-corrected chi connectivity index (χ3v) is 4.32. The van der Waals surface area contributed by atoms with Crippen molar-refractivity contribution in [1.82, 2.24) is 0 Å². The Hall–Kier alpha value is -3.08. The minimum absolute atomic E-state index is 0.103. The van der Waals surface area contributed by atoms with Gasteiger partial charge in [-0.15, -0.1) is 0 Å². The van der Waals surface area contributed by atoms with Gasteiger partial charge in [-0.3, -0.25) is 4.79 Å². The summed E-state index contributed by atoms with van der Waals surface area (Å²) in [6, 6.07) is 15.8. The van der Waals surface area contributed by atoms with E-state index < -0.39 is 6.04 Å². The molecule has 0 aliphatic rings. The lowest BCUT2D eigenvalue weighted by Gasteiger charge is -2.19. The van der Waals surface area contributed by atoms with Crippen molar-refractivity contribution in [3.05, 3.63) is 64.8 Å². The Morgan fingerprint density at radius 3 is 2.52 bits per heavy atom. The summed E-state index contributed by atoms with van der Waals surface area (Å²) in [5.41, 5.74) is 1.90. The van der Waals surface area contributed by atoms with Crippen molar-refractivity contribution >= 4 is 22.6 Å². The second kappa shape index (κ2) is 8.08. The van der Waals surface area contributed by atoms with E-state index in [1.165, 1.54) is 13.2 Å². The van der Waals surface area contributed by atoms with Gasteiger partial charge in [-0.05, 0) is 24.5 Å². The normalized spacial score (nSPS) is 12.1. The van der Waals surface area contributed by atoms with Gasteiger partial charge in [0.25, 0.3) is 0 Å². The maximum Gasteiger partial charge on any atom is 0.328 e. The van der Waals surface area contributed by atoms with E-state index in [0.717, 1.165) is 5.56 Å². The van der Waals surface area contributed by atoms with Gasteiger partial charge in [0.2, 0.25) is 0 Å². The highest BCUT2D eigenvalue weighted by Gasteiger charge is 2.20. The number of carbonyl (C=O) groups is 1. The Bertz CT molecular complexity index is 992. The molecule has 0 saturated heterocycles. The van der Waals surface area contributed by atoms with Crippen LogP contribution in [0.4, 0.5) is 5.69 Å². The van der Waals surface area contributed by atoms with Crippen LogP contribution in [0.15, 0.2) is 63.8 Å². The summed E-state index contributed by atoms with van der Waals surface area (Å²) < 4.78 is 10.9. The predicted octanol–water partition coefficient (Wildman–Crippen LogP) is 4.46. The van der Waals surface area contributed by atoms with Crippen LogP contribution in [-0.2, 0) is 9.53 Å². The van der Waals surface area contributed by atoms with E-state index in [0.29, 0.717) is 34.8 Å². The van der Waals surface area contributed by atoms with Crippen LogP contribution in [0.25, 0.3) is 22.3 Å². The van der Waals surface area contributed by atoms with Crippen LogP contribution >= 0.6 is 0 Å². The van der Waals surface area contributed by atoms with Crippen LogP contribution < -0.4 is 10.7 Å². The molecule has 5 nitrogen and oxygen atoms in total. The quantitative estimate of drug-likeness (QED) is 0.653. The number of hydrogen-bond donors (Lipinski definition) is 1. The average molecular weight is 365 g/mol. The van der Waals surface area contributed by atoms with Crippen molar-refractivity contribution in [2.24, 2.45) is 5.92 Å². The standard InChI is InChI=1S/C22H23NO4/c1-14(2)11-18(22(25)26-3)23-16-9-10-17-19(24)13-20(27-21(17)12-16)15-7-5-4-6-8-15/h4-10,12-14,18,23H,11H2,1-3H3/t18-/m0/s1. The topological polar surface area (TPSA) is 68.5 Å². The molecule has 140 valence electrons. The lowest BCUT2D eigenvalue weighted by molar-refractivity contribution is -0.141. The Balaban J connectivity index is 1.98. The Morgan fingerprint density at radius 2 is 1.85 bits per heavy atom. The predicted molar refractivity (Wildman–Crippen MR) is 107 cm³/mol. The van der Waals surface area contributed by atoms with Crippen molar-refractivity contribution < 1.29 is 13.9 Å². The fourth-order valence-electron chi connectivity index (χ4n) is 3.02. The molecule has 0 aliphatic heterocycles. The molecule has 0 aliphatic carbocycles. The molecule has 0 bridgehead atoms. The smallest absolute Gasteiger partial charge is 0.328 e. The van der Waals surface area contributed by atoms with Crippen molar-refractivity contribution in [2.75, 3.05) is 12.4 Å². The van der Waals surface area contributed by atoms with Crippen molar-refractivity contribution in [3.8, 4) is 11.3 Å². The number of nitrogens with one attached hydrogen (secondary N) is 1. The SMILES string of the molecule is COC(=O)[C@H](CC(C)C)Nc1ccc2c(=O)cc(-c3ccccc3)oc2c1. The Labute approximate surface area is 158 Å². The first kappa shape index (κ1) is 18.7. The van der Waals surface area contributed by atoms with E-state index >= 15 is 0 Å². The van der Waals surface area contributed by atoms with Gasteiger partial charge < -0.3 is 14.5 Å². The highest BCUT2D eigenvalue weighted by Crippen LogP contribution is 2.25. The molecule has 0 radical (unpaired) electrons. The second-order valence-corrected chi connectivity index (χ2v) is 6.90. The molecule has 3 aromatic rings. The number of methoxy groups -OCH3 is 1. The maximum absolute atomic E-state index is 12.5. The summed E-state index contributed by atoms with van der Waals surface area (Å²) in [5, 5.41) is 3.69. The maximum atomic E-state index is 12.5. The summed E-state index contributed by atoms with van der Waals surface area (Å²) >= 11 is 0. The number of hydrogen-bond acceptors (Lipinski definition) is 5. The molecule has 1 aromatic heterocycles. The van der Waals surface area contributed by atoms with E-state index in [9.17, 15) is 9.59 Å². The fraction of sp³-hybridized carbons (Fsp3) is 0.273. The van der Waals surface area contributed by atoms with E-state index in [1.807, 2.05) is 44.2 Å². The molecule has 0 fully saturated rings. The lowest BCUT2D eigenvalue weighted by Crippen LogP contribution is -2.32. The summed E-state index contributed by atoms with van der Waals surface area (Å²) in [6.45, 7) is 4.09. The van der Waals surface area contributed by atoms with E-state index in [-0.39, 0.29) is 11.4 Å². The summed E-state index contributed by atoms with van der Waals surface area (Å²) in [7, 11) is 1.38. The monoisotopic (exact) mass is 365 g/mol. The summed E-state index contributed by atoms with van der Waals surface area (Å²) in [5.74, 6) is 0.518. The molecule has 3 rings (SSSR count). The lowest BCUT2D eigenvalue weighted by atomic mass is 10.0. The molecule has 0 amide bonds. The Morgan fingerprint density at radius 1 is 1.11 bits per heavy atom. The van der Waals surface area contributed by atoms with Gasteiger partial charge in [-0.25, -0.2) is 4.79 Å². The van der Waals surface area contributed by atoms with Gasteiger partial charge in [0.1, 0.15) is 17.4 Å². The molecule has 2 aromatic carbocycles. The van der Waals surface area contributed by atoms with Crippen LogP contribution in [0.2, 0.25) is 0 Å². The highest BCUT2D eigenvalue weighted by molar-refractivity contribution is 5.84. The zero-order valence-corrected chi connectivity index (χ0v) is 15.7. The first-order valence-electron chi connectivity index (χ1n) is 8.95. The molecule has 1 N–H and O–H groups in total. The first-order valence-corrected chi connectivity index (χ1v) is 8.95. The number of anilines is 1. The van der Waals surface area contributed by atoms with Crippen molar-refractivity contribution in [1.29, 1.82) is 0 Å². The van der Waals surface area contributed by atoms with Gasteiger partial charge >= 0.3 is 5.97 Å². The van der Waals surface area contributed by atoms with Crippen molar-refractivity contribution in [2.45, 2.75) is 26.3 Å². The number of benzene rings is 2. The molecule has 0 unspecified atom stereocenters. The minimum atomic E-state index is -0.462. The van der Waals surface area contributed by atoms with Gasteiger partial charge in [0, 0.05) is 23.4 Å². The summed E-state index contributed by atoms with van der Waals surface area (Å²) in [4.78, 5) is 24.5. The van der Waals surface area contributed by atoms with Gasteiger partial charge in [0.15, 0.2) is 5.43 Å². The number of rotatable bonds is 6. The minimum Gasteiger partial charge on any atom is -0.467 e. The van der Waals surface area contributed by atoms with Crippen LogP contribution in [0.3, 0.4) is 0 Å². The van der Waals surface area contributed by atoms with Crippen LogP contribution in [-0.4, -0.2) is 19.1 Å². The van der Waals surface area contributed by atoms with Crippen LogP contribution in [0.1, 0.15) is 20.3 Å². The molecule has 1 heterocycles. The zero-order valence-electron chi connectivity index (χ0n) is 15.7. The molecule has 0 saturated carbocycles. The second-order valence-electron chi connectivity index (χ2n) is 6.90. The average Bonchev–Trinajstić information content (AvgIpc) is 2.67. The van der Waals surface area contributed by atoms with E-state index in [1.54, 1.807) is 18.2 Å². The highest BCUT2D eigenvalue weighted by atomic mass is 16.5. The number of esters is 1. The van der Waals surface area contributed by atoms with Crippen LogP contribution in [0, 0.1) is 5.92 Å².